The first-order valence-corrected chi connectivity index (χ1v) is 4.48. The minimum atomic E-state index is 0.665. The van der Waals surface area contributed by atoms with E-state index in [2.05, 4.69) is 15.9 Å². The summed E-state index contributed by atoms with van der Waals surface area (Å²) in [6.07, 6.45) is 3.90. The Hall–Kier alpha value is -0.600. The van der Waals surface area contributed by atoms with Crippen LogP contribution in [-0.2, 0) is 4.79 Å². The van der Waals surface area contributed by atoms with Gasteiger partial charge in [0.25, 0.3) is 0 Å². The zero-order valence-electron chi connectivity index (χ0n) is 6.13. The molecule has 0 heterocycles. The largest absolute Gasteiger partial charge is 0.299 e. The highest BCUT2D eigenvalue weighted by molar-refractivity contribution is 9.10. The van der Waals surface area contributed by atoms with E-state index in [0.29, 0.717) is 5.02 Å². The summed E-state index contributed by atoms with van der Waals surface area (Å²) in [6.45, 7) is 0. The van der Waals surface area contributed by atoms with Crippen LogP contribution in [-0.4, -0.2) is 6.29 Å². The molecule has 0 aromatic heterocycles. The maximum atomic E-state index is 10.0. The summed E-state index contributed by atoms with van der Waals surface area (Å²) in [5.74, 6) is 0. The van der Waals surface area contributed by atoms with Crippen molar-refractivity contribution in [1.29, 1.82) is 0 Å². The van der Waals surface area contributed by atoms with E-state index in [0.717, 1.165) is 16.3 Å². The average Bonchev–Trinajstić information content (AvgIpc) is 2.07. The number of allylic oxidation sites excluding steroid dienone is 1. The van der Waals surface area contributed by atoms with Crippen LogP contribution in [0.3, 0.4) is 0 Å². The Morgan fingerprint density at radius 2 is 2.17 bits per heavy atom. The smallest absolute Gasteiger partial charge is 0.142 e. The van der Waals surface area contributed by atoms with Gasteiger partial charge in [0.2, 0.25) is 0 Å². The van der Waals surface area contributed by atoms with E-state index >= 15 is 0 Å². The fourth-order valence-corrected chi connectivity index (χ4v) is 1.28. The normalized spacial score (nSPS) is 10.5. The molecule has 1 nitrogen and oxygen atoms in total. The Labute approximate surface area is 84.2 Å². The van der Waals surface area contributed by atoms with Gasteiger partial charge in [0.1, 0.15) is 6.29 Å². The van der Waals surface area contributed by atoms with Crippen LogP contribution < -0.4 is 0 Å². The van der Waals surface area contributed by atoms with Crippen molar-refractivity contribution in [2.45, 2.75) is 0 Å². The molecule has 0 saturated carbocycles. The molecule has 0 N–H and O–H groups in total. The van der Waals surface area contributed by atoms with E-state index in [-0.39, 0.29) is 0 Å². The van der Waals surface area contributed by atoms with Gasteiger partial charge in [-0.1, -0.05) is 23.7 Å². The van der Waals surface area contributed by atoms with E-state index in [1.807, 2.05) is 12.1 Å². The molecule has 0 fully saturated rings. The van der Waals surface area contributed by atoms with Gasteiger partial charge in [-0.15, -0.1) is 0 Å². The quantitative estimate of drug-likeness (QED) is 0.577. The maximum Gasteiger partial charge on any atom is 0.142 e. The molecule has 62 valence electrons. The molecule has 12 heavy (non-hydrogen) atoms. The van der Waals surface area contributed by atoms with Crippen LogP contribution in [0.15, 0.2) is 28.7 Å². The fourth-order valence-electron chi connectivity index (χ4n) is 0.766. The maximum absolute atomic E-state index is 10.0. The van der Waals surface area contributed by atoms with Gasteiger partial charge in [-0.25, -0.2) is 0 Å². The number of rotatable bonds is 2. The summed E-state index contributed by atoms with van der Waals surface area (Å²) in [5.41, 5.74) is 0.943. The lowest BCUT2D eigenvalue weighted by Gasteiger charge is -1.96. The van der Waals surface area contributed by atoms with Crippen molar-refractivity contribution in [3.05, 3.63) is 39.3 Å². The van der Waals surface area contributed by atoms with Crippen molar-refractivity contribution in [2.24, 2.45) is 0 Å². The lowest BCUT2D eigenvalue weighted by Crippen LogP contribution is -1.73. The van der Waals surface area contributed by atoms with Crippen LogP contribution in [0.2, 0.25) is 5.02 Å². The first kappa shape index (κ1) is 9.49. The Balaban J connectivity index is 2.96. The molecule has 0 aliphatic rings. The Morgan fingerprint density at radius 1 is 1.42 bits per heavy atom. The van der Waals surface area contributed by atoms with E-state index in [9.17, 15) is 4.79 Å². The summed E-state index contributed by atoms with van der Waals surface area (Å²) in [5, 5.41) is 0.665. The van der Waals surface area contributed by atoms with Crippen LogP contribution in [0.25, 0.3) is 6.08 Å². The summed E-state index contributed by atoms with van der Waals surface area (Å²) in [6, 6.07) is 5.46. The van der Waals surface area contributed by atoms with Crippen molar-refractivity contribution < 1.29 is 4.79 Å². The van der Waals surface area contributed by atoms with Crippen molar-refractivity contribution in [3.8, 4) is 0 Å². The first-order chi connectivity index (χ1) is 5.74. The van der Waals surface area contributed by atoms with E-state index < -0.39 is 0 Å². The van der Waals surface area contributed by atoms with E-state index in [1.165, 1.54) is 6.08 Å². The monoisotopic (exact) mass is 244 g/mol. The molecule has 0 unspecified atom stereocenters. The predicted molar refractivity (Wildman–Crippen MR) is 54.3 cm³/mol. The van der Waals surface area contributed by atoms with Gasteiger partial charge in [0, 0.05) is 4.47 Å². The van der Waals surface area contributed by atoms with Crippen LogP contribution >= 0.6 is 27.5 Å². The molecule has 0 radical (unpaired) electrons. The molecule has 1 aromatic rings. The summed E-state index contributed by atoms with van der Waals surface area (Å²) >= 11 is 9.06. The van der Waals surface area contributed by atoms with Crippen LogP contribution in [0, 0.1) is 0 Å². The molecule has 1 aromatic carbocycles. The van der Waals surface area contributed by atoms with Gasteiger partial charge in [-0.3, -0.25) is 4.79 Å². The molecule has 0 amide bonds. The van der Waals surface area contributed by atoms with Crippen LogP contribution in [0.1, 0.15) is 5.56 Å². The zero-order valence-corrected chi connectivity index (χ0v) is 8.47. The number of hydrogen-bond acceptors (Lipinski definition) is 1. The molecular formula is C9H6BrClO. The highest BCUT2D eigenvalue weighted by Gasteiger charge is 1.95. The third-order valence-corrected chi connectivity index (χ3v) is 2.52. The molecule has 3 heteroatoms. The number of carbonyl (C=O) groups is 1. The number of aldehydes is 1. The molecule has 0 bridgehead atoms. The highest BCUT2D eigenvalue weighted by atomic mass is 79.9. The van der Waals surface area contributed by atoms with Crippen molar-refractivity contribution >= 4 is 39.9 Å². The molecule has 0 saturated heterocycles. The Kier molecular flexibility index (Phi) is 3.50. The van der Waals surface area contributed by atoms with Gasteiger partial charge in [-0.05, 0) is 39.7 Å². The number of halogens is 2. The lowest BCUT2D eigenvalue weighted by atomic mass is 10.2. The second-order valence-corrected chi connectivity index (χ2v) is 3.43. The summed E-state index contributed by atoms with van der Waals surface area (Å²) in [4.78, 5) is 10.0. The topological polar surface area (TPSA) is 17.1 Å². The number of carbonyl (C=O) groups excluding carboxylic acids is 1. The van der Waals surface area contributed by atoms with Gasteiger partial charge in [0.05, 0.1) is 5.02 Å². The Morgan fingerprint density at radius 3 is 2.75 bits per heavy atom. The SMILES string of the molecule is O=C/C=C/c1ccc(Cl)c(Br)c1. The predicted octanol–water partition coefficient (Wildman–Crippen LogP) is 3.31. The van der Waals surface area contributed by atoms with Gasteiger partial charge >= 0.3 is 0 Å². The van der Waals surface area contributed by atoms with Gasteiger partial charge in [0.15, 0.2) is 0 Å². The second kappa shape index (κ2) is 4.43. The third-order valence-electron chi connectivity index (χ3n) is 1.31. The number of benzene rings is 1. The summed E-state index contributed by atoms with van der Waals surface area (Å²) in [7, 11) is 0. The number of hydrogen-bond donors (Lipinski definition) is 0. The molecule has 1 rings (SSSR count). The average molecular weight is 246 g/mol. The van der Waals surface area contributed by atoms with Crippen molar-refractivity contribution in [1.82, 2.24) is 0 Å². The van der Waals surface area contributed by atoms with Gasteiger partial charge in [-0.2, -0.15) is 0 Å². The molecular weight excluding hydrogens is 239 g/mol. The second-order valence-electron chi connectivity index (χ2n) is 2.17. The molecule has 0 atom stereocenters. The minimum Gasteiger partial charge on any atom is -0.299 e. The Bertz CT molecular complexity index is 320. The third kappa shape index (κ3) is 2.47. The minimum absolute atomic E-state index is 0.665. The van der Waals surface area contributed by atoms with Crippen molar-refractivity contribution in [2.75, 3.05) is 0 Å². The van der Waals surface area contributed by atoms with E-state index in [4.69, 9.17) is 11.6 Å². The lowest BCUT2D eigenvalue weighted by molar-refractivity contribution is -0.104. The summed E-state index contributed by atoms with van der Waals surface area (Å²) < 4.78 is 0.831. The molecule has 0 spiro atoms. The standard InChI is InChI=1S/C9H6BrClO/c10-8-6-7(2-1-5-12)3-4-9(8)11/h1-6H/b2-1+. The fraction of sp³-hybridized carbons (Fsp3) is 0. The van der Waals surface area contributed by atoms with Crippen LogP contribution in [0.4, 0.5) is 0 Å². The first-order valence-electron chi connectivity index (χ1n) is 3.31. The molecule has 0 aliphatic heterocycles. The van der Waals surface area contributed by atoms with Gasteiger partial charge < -0.3 is 0 Å². The molecule has 0 aliphatic carbocycles. The zero-order chi connectivity index (χ0) is 8.97. The van der Waals surface area contributed by atoms with Crippen LogP contribution in [0.5, 0.6) is 0 Å². The highest BCUT2D eigenvalue weighted by Crippen LogP contribution is 2.23. The van der Waals surface area contributed by atoms with E-state index in [1.54, 1.807) is 12.1 Å². The van der Waals surface area contributed by atoms with Crippen molar-refractivity contribution in [3.63, 3.8) is 0 Å².